The Morgan fingerprint density at radius 3 is 2.56 bits per heavy atom. The number of carbonyl (C=O) groups is 1. The van der Waals surface area contributed by atoms with Crippen LogP contribution >= 0.6 is 0 Å². The van der Waals surface area contributed by atoms with Crippen LogP contribution in [0, 0.1) is 13.8 Å². The monoisotopic (exact) mass is 362 g/mol. The molecule has 2 heterocycles. The van der Waals surface area contributed by atoms with Gasteiger partial charge in [0.25, 0.3) is 0 Å². The van der Waals surface area contributed by atoms with Crippen molar-refractivity contribution in [2.45, 2.75) is 32.6 Å². The van der Waals surface area contributed by atoms with Crippen molar-refractivity contribution in [2.75, 3.05) is 25.0 Å². The normalized spacial score (nSPS) is 15.9. The molecule has 4 rings (SSSR count). The Morgan fingerprint density at radius 2 is 1.85 bits per heavy atom. The number of H-pyrrole nitrogens is 1. The van der Waals surface area contributed by atoms with Crippen molar-refractivity contribution in [1.29, 1.82) is 0 Å². The van der Waals surface area contributed by atoms with Crippen LogP contribution < -0.4 is 5.32 Å². The number of amides is 1. The molecule has 3 aromatic rings. The van der Waals surface area contributed by atoms with Crippen LogP contribution in [0.2, 0.25) is 0 Å². The zero-order valence-corrected chi connectivity index (χ0v) is 16.0. The highest BCUT2D eigenvalue weighted by molar-refractivity contribution is 5.92. The average molecular weight is 362 g/mol. The van der Waals surface area contributed by atoms with E-state index in [9.17, 15) is 4.79 Å². The minimum atomic E-state index is 0.0576. The standard InChI is InChI=1S/C22H26N4O/c1-15-11-16(2)13-18(12-15)23-21(27)14-26-9-7-17(8-10-26)22-24-19-5-3-4-6-20(19)25-22/h3-6,11-13,17H,7-10,14H2,1-2H3,(H,23,27)(H,24,25). The third-order valence-corrected chi connectivity index (χ3v) is 5.25. The van der Waals surface area contributed by atoms with Gasteiger partial charge in [-0.25, -0.2) is 4.98 Å². The second-order valence-electron chi connectivity index (χ2n) is 7.61. The molecule has 0 bridgehead atoms. The van der Waals surface area contributed by atoms with Gasteiger partial charge in [-0.1, -0.05) is 18.2 Å². The predicted octanol–water partition coefficient (Wildman–Crippen LogP) is 4.00. The molecule has 1 aliphatic heterocycles. The molecule has 0 aliphatic carbocycles. The summed E-state index contributed by atoms with van der Waals surface area (Å²) in [4.78, 5) is 22.8. The third kappa shape index (κ3) is 4.19. The number of hydrogen-bond acceptors (Lipinski definition) is 3. The number of anilines is 1. The summed E-state index contributed by atoms with van der Waals surface area (Å²) in [5, 5.41) is 3.03. The number of aryl methyl sites for hydroxylation is 2. The average Bonchev–Trinajstić information content (AvgIpc) is 3.05. The van der Waals surface area contributed by atoms with E-state index >= 15 is 0 Å². The number of para-hydroxylation sites is 2. The summed E-state index contributed by atoms with van der Waals surface area (Å²) in [7, 11) is 0. The van der Waals surface area contributed by atoms with Crippen LogP contribution in [-0.2, 0) is 4.79 Å². The Morgan fingerprint density at radius 1 is 1.15 bits per heavy atom. The van der Waals surface area contributed by atoms with Gasteiger partial charge >= 0.3 is 0 Å². The Bertz CT molecular complexity index is 901. The fourth-order valence-electron chi connectivity index (χ4n) is 3.98. The summed E-state index contributed by atoms with van der Waals surface area (Å²) < 4.78 is 0. The second kappa shape index (κ2) is 7.53. The Kier molecular flexibility index (Phi) is 4.94. The van der Waals surface area contributed by atoms with E-state index in [1.165, 1.54) is 0 Å². The molecular formula is C22H26N4O. The molecule has 1 amide bonds. The van der Waals surface area contributed by atoms with Crippen LogP contribution in [0.15, 0.2) is 42.5 Å². The summed E-state index contributed by atoms with van der Waals surface area (Å²) in [6.07, 6.45) is 2.05. The van der Waals surface area contributed by atoms with Crippen LogP contribution in [0.3, 0.4) is 0 Å². The highest BCUT2D eigenvalue weighted by Gasteiger charge is 2.24. The maximum atomic E-state index is 12.4. The molecule has 140 valence electrons. The van der Waals surface area contributed by atoms with Crippen molar-refractivity contribution in [2.24, 2.45) is 0 Å². The van der Waals surface area contributed by atoms with Gasteiger partial charge in [-0.3, -0.25) is 9.69 Å². The number of carbonyl (C=O) groups excluding carboxylic acids is 1. The van der Waals surface area contributed by atoms with E-state index in [0.717, 1.165) is 59.6 Å². The van der Waals surface area contributed by atoms with E-state index in [-0.39, 0.29) is 5.91 Å². The van der Waals surface area contributed by atoms with Crippen LogP contribution in [0.25, 0.3) is 11.0 Å². The van der Waals surface area contributed by atoms with Gasteiger partial charge in [0.05, 0.1) is 17.6 Å². The van der Waals surface area contributed by atoms with Gasteiger partial charge in [0.2, 0.25) is 5.91 Å². The Hall–Kier alpha value is -2.66. The van der Waals surface area contributed by atoms with Gasteiger partial charge in [0.1, 0.15) is 5.82 Å². The molecule has 0 saturated carbocycles. The molecule has 5 heteroatoms. The minimum Gasteiger partial charge on any atom is -0.342 e. The van der Waals surface area contributed by atoms with Gasteiger partial charge in [-0.15, -0.1) is 0 Å². The fourth-order valence-corrected chi connectivity index (χ4v) is 3.98. The lowest BCUT2D eigenvalue weighted by atomic mass is 9.96. The zero-order valence-electron chi connectivity index (χ0n) is 16.0. The molecule has 0 radical (unpaired) electrons. The van der Waals surface area contributed by atoms with E-state index in [2.05, 4.69) is 27.3 Å². The van der Waals surface area contributed by atoms with Crippen molar-refractivity contribution in [1.82, 2.24) is 14.9 Å². The third-order valence-electron chi connectivity index (χ3n) is 5.25. The minimum absolute atomic E-state index is 0.0576. The zero-order chi connectivity index (χ0) is 18.8. The summed E-state index contributed by atoms with van der Waals surface area (Å²) in [6, 6.07) is 14.3. The molecule has 1 aliphatic rings. The first-order chi connectivity index (χ1) is 13.1. The number of likely N-dealkylation sites (tertiary alicyclic amines) is 1. The molecule has 2 N–H and O–H groups in total. The van der Waals surface area contributed by atoms with E-state index in [1.54, 1.807) is 0 Å². The maximum Gasteiger partial charge on any atom is 0.238 e. The molecule has 1 aromatic heterocycles. The second-order valence-corrected chi connectivity index (χ2v) is 7.61. The number of nitrogens with zero attached hydrogens (tertiary/aromatic N) is 2. The number of aromatic nitrogens is 2. The number of fused-ring (bicyclic) bond motifs is 1. The lowest BCUT2D eigenvalue weighted by Gasteiger charge is -2.30. The van der Waals surface area contributed by atoms with E-state index in [1.807, 2.05) is 44.2 Å². The van der Waals surface area contributed by atoms with Crippen molar-refractivity contribution in [3.05, 3.63) is 59.4 Å². The van der Waals surface area contributed by atoms with Gasteiger partial charge in [-0.2, -0.15) is 0 Å². The van der Waals surface area contributed by atoms with Crippen LogP contribution in [0.4, 0.5) is 5.69 Å². The molecule has 0 atom stereocenters. The van der Waals surface area contributed by atoms with Crippen molar-refractivity contribution >= 4 is 22.6 Å². The van der Waals surface area contributed by atoms with Crippen LogP contribution in [0.5, 0.6) is 0 Å². The number of piperidine rings is 1. The number of nitrogens with one attached hydrogen (secondary N) is 2. The van der Waals surface area contributed by atoms with Gasteiger partial charge < -0.3 is 10.3 Å². The molecule has 5 nitrogen and oxygen atoms in total. The van der Waals surface area contributed by atoms with E-state index < -0.39 is 0 Å². The number of rotatable bonds is 4. The molecular weight excluding hydrogens is 336 g/mol. The SMILES string of the molecule is Cc1cc(C)cc(NC(=O)CN2CCC(c3nc4ccccc4[nH]3)CC2)c1. The fraction of sp³-hybridized carbons (Fsp3) is 0.364. The summed E-state index contributed by atoms with van der Waals surface area (Å²) in [6.45, 7) is 6.38. The molecule has 27 heavy (non-hydrogen) atoms. The first-order valence-corrected chi connectivity index (χ1v) is 9.62. The van der Waals surface area contributed by atoms with Crippen LogP contribution in [0.1, 0.15) is 35.7 Å². The Labute approximate surface area is 159 Å². The molecule has 2 aromatic carbocycles. The largest absolute Gasteiger partial charge is 0.342 e. The number of hydrogen-bond donors (Lipinski definition) is 2. The first kappa shape index (κ1) is 17.7. The van der Waals surface area contributed by atoms with Gasteiger partial charge in [-0.05, 0) is 75.2 Å². The smallest absolute Gasteiger partial charge is 0.238 e. The van der Waals surface area contributed by atoms with Gasteiger partial charge in [0, 0.05) is 11.6 Å². The molecule has 0 spiro atoms. The van der Waals surface area contributed by atoms with Crippen molar-refractivity contribution in [3.63, 3.8) is 0 Å². The number of imidazole rings is 1. The van der Waals surface area contributed by atoms with Crippen molar-refractivity contribution < 1.29 is 4.79 Å². The molecule has 1 fully saturated rings. The van der Waals surface area contributed by atoms with E-state index in [0.29, 0.717) is 12.5 Å². The van der Waals surface area contributed by atoms with Gasteiger partial charge in [0.15, 0.2) is 0 Å². The molecule has 0 unspecified atom stereocenters. The lowest BCUT2D eigenvalue weighted by Crippen LogP contribution is -2.38. The predicted molar refractivity (Wildman–Crippen MR) is 109 cm³/mol. The highest BCUT2D eigenvalue weighted by Crippen LogP contribution is 2.27. The lowest BCUT2D eigenvalue weighted by molar-refractivity contribution is -0.117. The van der Waals surface area contributed by atoms with Crippen molar-refractivity contribution in [3.8, 4) is 0 Å². The van der Waals surface area contributed by atoms with Crippen LogP contribution in [-0.4, -0.2) is 40.4 Å². The highest BCUT2D eigenvalue weighted by atomic mass is 16.2. The number of aromatic amines is 1. The molecule has 1 saturated heterocycles. The summed E-state index contributed by atoms with van der Waals surface area (Å²) in [5.41, 5.74) is 5.34. The topological polar surface area (TPSA) is 61.0 Å². The Balaban J connectivity index is 1.31. The summed E-state index contributed by atoms with van der Waals surface area (Å²) >= 11 is 0. The maximum absolute atomic E-state index is 12.4. The number of benzene rings is 2. The first-order valence-electron chi connectivity index (χ1n) is 9.62. The summed E-state index contributed by atoms with van der Waals surface area (Å²) in [5.74, 6) is 1.58. The van der Waals surface area contributed by atoms with E-state index in [4.69, 9.17) is 4.98 Å². The quantitative estimate of drug-likeness (QED) is 0.737.